The molecule has 0 saturated carbocycles. The van der Waals surface area contributed by atoms with Crippen LogP contribution in [0.5, 0.6) is 0 Å². The third kappa shape index (κ3) is 3.39. The summed E-state index contributed by atoms with van der Waals surface area (Å²) in [4.78, 5) is 12.1. The zero-order valence-electron chi connectivity index (χ0n) is 11.0. The minimum Gasteiger partial charge on any atom is -0.398 e. The second kappa shape index (κ2) is 6.26. The van der Waals surface area contributed by atoms with Gasteiger partial charge in [0.2, 0.25) is 0 Å². The van der Waals surface area contributed by atoms with Crippen LogP contribution in [-0.4, -0.2) is 25.2 Å². The molecule has 1 aromatic rings. The van der Waals surface area contributed by atoms with E-state index in [4.69, 9.17) is 22.1 Å². The molecule has 1 aliphatic rings. The molecule has 5 heteroatoms. The van der Waals surface area contributed by atoms with E-state index >= 15 is 0 Å². The number of ether oxygens (including phenoxy) is 1. The SMILES string of the molecule is CCC1OCCC1CNC(=O)c1ccc(Cl)cc1N. The first kappa shape index (κ1) is 14.2. The number of hydrogen-bond acceptors (Lipinski definition) is 3. The number of benzene rings is 1. The van der Waals surface area contributed by atoms with Gasteiger partial charge in [0.1, 0.15) is 0 Å². The van der Waals surface area contributed by atoms with Crippen molar-refractivity contribution in [1.82, 2.24) is 5.32 Å². The average molecular weight is 283 g/mol. The highest BCUT2D eigenvalue weighted by molar-refractivity contribution is 6.31. The topological polar surface area (TPSA) is 64.3 Å². The number of hydrogen-bond donors (Lipinski definition) is 2. The van der Waals surface area contributed by atoms with Crippen LogP contribution < -0.4 is 11.1 Å². The smallest absolute Gasteiger partial charge is 0.253 e. The van der Waals surface area contributed by atoms with Crippen LogP contribution in [-0.2, 0) is 4.74 Å². The van der Waals surface area contributed by atoms with Gasteiger partial charge in [-0.1, -0.05) is 18.5 Å². The van der Waals surface area contributed by atoms with Crippen LogP contribution in [0.4, 0.5) is 5.69 Å². The van der Waals surface area contributed by atoms with Crippen LogP contribution in [0.2, 0.25) is 5.02 Å². The lowest BCUT2D eigenvalue weighted by atomic mass is 9.99. The van der Waals surface area contributed by atoms with Gasteiger partial charge in [-0.05, 0) is 31.0 Å². The van der Waals surface area contributed by atoms with Crippen molar-refractivity contribution in [1.29, 1.82) is 0 Å². The molecule has 1 aromatic carbocycles. The molecule has 1 amide bonds. The van der Waals surface area contributed by atoms with E-state index in [1.165, 1.54) is 0 Å². The second-order valence-corrected chi connectivity index (χ2v) is 5.24. The van der Waals surface area contributed by atoms with Gasteiger partial charge in [0.25, 0.3) is 5.91 Å². The van der Waals surface area contributed by atoms with Gasteiger partial charge in [0.05, 0.1) is 11.7 Å². The van der Waals surface area contributed by atoms with Gasteiger partial charge in [-0.25, -0.2) is 0 Å². The quantitative estimate of drug-likeness (QED) is 0.834. The predicted octanol–water partition coefficient (Wildman–Crippen LogP) is 2.47. The van der Waals surface area contributed by atoms with E-state index in [9.17, 15) is 4.79 Å². The Kier molecular flexibility index (Phi) is 4.66. The molecule has 2 atom stereocenters. The lowest BCUT2D eigenvalue weighted by Crippen LogP contribution is -2.33. The van der Waals surface area contributed by atoms with Crippen LogP contribution in [0.1, 0.15) is 30.1 Å². The van der Waals surface area contributed by atoms with Crippen molar-refractivity contribution in [2.24, 2.45) is 5.92 Å². The number of carbonyl (C=O) groups excluding carboxylic acids is 1. The molecule has 0 bridgehead atoms. The number of nitrogens with one attached hydrogen (secondary N) is 1. The van der Waals surface area contributed by atoms with Gasteiger partial charge in [-0.2, -0.15) is 0 Å². The van der Waals surface area contributed by atoms with Crippen LogP contribution in [0, 0.1) is 5.92 Å². The maximum absolute atomic E-state index is 12.1. The molecule has 2 rings (SSSR count). The maximum atomic E-state index is 12.1. The van der Waals surface area contributed by atoms with E-state index in [-0.39, 0.29) is 12.0 Å². The molecule has 0 spiro atoms. The van der Waals surface area contributed by atoms with Crippen molar-refractivity contribution in [3.63, 3.8) is 0 Å². The van der Waals surface area contributed by atoms with Crippen molar-refractivity contribution in [2.75, 3.05) is 18.9 Å². The first-order chi connectivity index (χ1) is 9.11. The fourth-order valence-electron chi connectivity index (χ4n) is 2.44. The zero-order chi connectivity index (χ0) is 13.8. The molecule has 3 N–H and O–H groups in total. The zero-order valence-corrected chi connectivity index (χ0v) is 11.7. The van der Waals surface area contributed by atoms with Crippen molar-refractivity contribution < 1.29 is 9.53 Å². The fraction of sp³-hybridized carbons (Fsp3) is 0.500. The van der Waals surface area contributed by atoms with E-state index in [1.807, 2.05) is 0 Å². The molecule has 19 heavy (non-hydrogen) atoms. The van der Waals surface area contributed by atoms with Crippen LogP contribution >= 0.6 is 11.6 Å². The molecule has 104 valence electrons. The van der Waals surface area contributed by atoms with Gasteiger partial charge in [0, 0.05) is 29.8 Å². The molecule has 0 radical (unpaired) electrons. The maximum Gasteiger partial charge on any atom is 0.253 e. The van der Waals surface area contributed by atoms with E-state index in [1.54, 1.807) is 18.2 Å². The third-order valence-corrected chi connectivity index (χ3v) is 3.77. The Morgan fingerprint density at radius 1 is 1.58 bits per heavy atom. The number of rotatable bonds is 4. The molecule has 2 unspecified atom stereocenters. The Bertz CT molecular complexity index is 465. The molecule has 1 aliphatic heterocycles. The summed E-state index contributed by atoms with van der Waals surface area (Å²) in [6, 6.07) is 4.90. The summed E-state index contributed by atoms with van der Waals surface area (Å²) < 4.78 is 5.60. The summed E-state index contributed by atoms with van der Waals surface area (Å²) in [7, 11) is 0. The molecule has 1 fully saturated rings. The van der Waals surface area contributed by atoms with E-state index in [2.05, 4.69) is 12.2 Å². The van der Waals surface area contributed by atoms with Gasteiger partial charge in [0.15, 0.2) is 0 Å². The van der Waals surface area contributed by atoms with Gasteiger partial charge in [-0.3, -0.25) is 4.79 Å². The normalized spacial score (nSPS) is 22.4. The Hall–Kier alpha value is -1.26. The Morgan fingerprint density at radius 2 is 2.37 bits per heavy atom. The third-order valence-electron chi connectivity index (χ3n) is 3.53. The number of carbonyl (C=O) groups is 1. The molecular formula is C14H19ClN2O2. The number of nitrogen functional groups attached to an aromatic ring is 1. The summed E-state index contributed by atoms with van der Waals surface area (Å²) in [6.45, 7) is 3.50. The number of halogens is 1. The minimum absolute atomic E-state index is 0.157. The summed E-state index contributed by atoms with van der Waals surface area (Å²) in [6.07, 6.45) is 2.22. The summed E-state index contributed by atoms with van der Waals surface area (Å²) in [5.41, 5.74) is 6.66. The van der Waals surface area contributed by atoms with E-state index in [0.29, 0.717) is 28.7 Å². The minimum atomic E-state index is -0.157. The molecule has 1 heterocycles. The number of amides is 1. The fourth-order valence-corrected chi connectivity index (χ4v) is 2.62. The lowest BCUT2D eigenvalue weighted by molar-refractivity contribution is 0.0827. The van der Waals surface area contributed by atoms with Crippen molar-refractivity contribution in [3.05, 3.63) is 28.8 Å². The van der Waals surface area contributed by atoms with Crippen molar-refractivity contribution >= 4 is 23.2 Å². The Morgan fingerprint density at radius 3 is 3.05 bits per heavy atom. The highest BCUT2D eigenvalue weighted by atomic mass is 35.5. The van der Waals surface area contributed by atoms with Gasteiger partial charge in [-0.15, -0.1) is 0 Å². The Balaban J connectivity index is 1.94. The Labute approximate surface area is 118 Å². The highest BCUT2D eigenvalue weighted by Gasteiger charge is 2.27. The number of nitrogens with two attached hydrogens (primary N) is 1. The highest BCUT2D eigenvalue weighted by Crippen LogP contribution is 2.23. The van der Waals surface area contributed by atoms with Crippen molar-refractivity contribution in [2.45, 2.75) is 25.9 Å². The van der Waals surface area contributed by atoms with E-state index < -0.39 is 0 Å². The molecule has 0 aliphatic carbocycles. The number of anilines is 1. The first-order valence-electron chi connectivity index (χ1n) is 6.56. The van der Waals surface area contributed by atoms with Crippen LogP contribution in [0.3, 0.4) is 0 Å². The average Bonchev–Trinajstić information content (AvgIpc) is 2.83. The van der Waals surface area contributed by atoms with Gasteiger partial charge >= 0.3 is 0 Å². The largest absolute Gasteiger partial charge is 0.398 e. The molecular weight excluding hydrogens is 264 g/mol. The predicted molar refractivity (Wildman–Crippen MR) is 76.3 cm³/mol. The van der Waals surface area contributed by atoms with E-state index in [0.717, 1.165) is 19.4 Å². The summed E-state index contributed by atoms with van der Waals surface area (Å²) in [5.74, 6) is 0.235. The standard InChI is InChI=1S/C14H19ClN2O2/c1-2-13-9(5-6-19-13)8-17-14(18)11-4-3-10(15)7-12(11)16/h3-4,7,9,13H,2,5-6,8,16H2,1H3,(H,17,18). The molecule has 4 nitrogen and oxygen atoms in total. The first-order valence-corrected chi connectivity index (χ1v) is 6.94. The van der Waals surface area contributed by atoms with Gasteiger partial charge < -0.3 is 15.8 Å². The van der Waals surface area contributed by atoms with Crippen LogP contribution in [0.25, 0.3) is 0 Å². The van der Waals surface area contributed by atoms with Crippen LogP contribution in [0.15, 0.2) is 18.2 Å². The van der Waals surface area contributed by atoms with Crippen molar-refractivity contribution in [3.8, 4) is 0 Å². The monoisotopic (exact) mass is 282 g/mol. The summed E-state index contributed by atoms with van der Waals surface area (Å²) >= 11 is 5.81. The second-order valence-electron chi connectivity index (χ2n) is 4.81. The molecule has 1 saturated heterocycles. The molecule has 0 aromatic heterocycles. The lowest BCUT2D eigenvalue weighted by Gasteiger charge is -2.17. The summed E-state index contributed by atoms with van der Waals surface area (Å²) in [5, 5.41) is 3.46.